The molecule has 2 atom stereocenters. The van der Waals surface area contributed by atoms with Crippen molar-refractivity contribution in [2.24, 2.45) is 0 Å². The molecule has 0 saturated heterocycles. The summed E-state index contributed by atoms with van der Waals surface area (Å²) in [4.78, 5) is 11.7. The summed E-state index contributed by atoms with van der Waals surface area (Å²) in [5, 5.41) is 19.1. The smallest absolute Gasteiger partial charge is 0.338 e. The van der Waals surface area contributed by atoms with Crippen LogP contribution in [0.5, 0.6) is 5.75 Å². The lowest BCUT2D eigenvalue weighted by Crippen LogP contribution is -2.41. The van der Waals surface area contributed by atoms with Gasteiger partial charge < -0.3 is 19.7 Å². The first kappa shape index (κ1) is 15.0. The van der Waals surface area contributed by atoms with Crippen molar-refractivity contribution in [3.8, 4) is 18.1 Å². The highest BCUT2D eigenvalue weighted by Gasteiger charge is 2.29. The monoisotopic (exact) mass is 264 g/mol. The number of rotatable bonds is 5. The van der Waals surface area contributed by atoms with Crippen LogP contribution in [0.15, 0.2) is 24.3 Å². The predicted molar refractivity (Wildman–Crippen MR) is 68.7 cm³/mol. The molecule has 0 aliphatic carbocycles. The highest BCUT2D eigenvalue weighted by atomic mass is 16.5. The molecule has 0 fully saturated rings. The van der Waals surface area contributed by atoms with E-state index in [1.54, 1.807) is 12.1 Å². The number of carbonyl (C=O) groups excluding carboxylic acids is 1. The highest BCUT2D eigenvalue weighted by Crippen LogP contribution is 2.13. The molecule has 1 aromatic carbocycles. The van der Waals surface area contributed by atoms with Crippen LogP contribution in [-0.2, 0) is 4.74 Å². The summed E-state index contributed by atoms with van der Waals surface area (Å²) in [5.41, 5.74) is -1.42. The average Bonchev–Trinajstić information content (AvgIpc) is 2.44. The summed E-state index contributed by atoms with van der Waals surface area (Å²) >= 11 is 0. The summed E-state index contributed by atoms with van der Waals surface area (Å²) in [5.74, 6) is 2.02. The average molecular weight is 264 g/mol. The molecule has 0 radical (unpaired) electrons. The quantitative estimate of drug-likeness (QED) is 0.601. The Bertz CT molecular complexity index is 470. The van der Waals surface area contributed by atoms with Crippen molar-refractivity contribution in [3.05, 3.63) is 29.8 Å². The zero-order valence-electron chi connectivity index (χ0n) is 10.8. The van der Waals surface area contributed by atoms with Gasteiger partial charge in [-0.1, -0.05) is 5.92 Å². The second-order valence-corrected chi connectivity index (χ2v) is 4.13. The Balaban J connectivity index is 2.58. The molecular formula is C14H16O5. The standard InChI is InChI=1S/C14H16O5/c1-4-14(2,17)12(15)9-19-13(16)10-5-7-11(18-3)8-6-10/h1,5-8,12,15,17H,9H2,2-3H3/t12-,14-/m0/s1. The lowest BCUT2D eigenvalue weighted by atomic mass is 10.0. The maximum absolute atomic E-state index is 11.7. The van der Waals surface area contributed by atoms with Gasteiger partial charge in [-0.25, -0.2) is 4.79 Å². The number of hydrogen-bond donors (Lipinski definition) is 2. The highest BCUT2D eigenvalue weighted by molar-refractivity contribution is 5.89. The van der Waals surface area contributed by atoms with Crippen molar-refractivity contribution in [1.82, 2.24) is 0 Å². The summed E-state index contributed by atoms with van der Waals surface area (Å²) in [6, 6.07) is 6.30. The van der Waals surface area contributed by atoms with E-state index in [9.17, 15) is 15.0 Å². The van der Waals surface area contributed by atoms with E-state index >= 15 is 0 Å². The van der Waals surface area contributed by atoms with Crippen LogP contribution < -0.4 is 4.74 Å². The molecule has 0 unspecified atom stereocenters. The van der Waals surface area contributed by atoms with Crippen LogP contribution in [0.1, 0.15) is 17.3 Å². The number of methoxy groups -OCH3 is 1. The predicted octanol–water partition coefficient (Wildman–Crippen LogP) is 0.597. The van der Waals surface area contributed by atoms with Gasteiger partial charge in [0.1, 0.15) is 18.5 Å². The second kappa shape index (κ2) is 6.23. The van der Waals surface area contributed by atoms with Crippen LogP contribution in [0, 0.1) is 12.3 Å². The summed E-state index contributed by atoms with van der Waals surface area (Å²) in [7, 11) is 1.52. The molecule has 0 amide bonds. The van der Waals surface area contributed by atoms with Gasteiger partial charge in [0.2, 0.25) is 0 Å². The Hall–Kier alpha value is -2.03. The molecule has 19 heavy (non-hydrogen) atoms. The van der Waals surface area contributed by atoms with Gasteiger partial charge in [-0.05, 0) is 31.2 Å². The zero-order chi connectivity index (χ0) is 14.5. The molecule has 102 valence electrons. The molecule has 0 heterocycles. The Morgan fingerprint density at radius 1 is 1.47 bits per heavy atom. The largest absolute Gasteiger partial charge is 0.497 e. The van der Waals surface area contributed by atoms with E-state index in [-0.39, 0.29) is 6.61 Å². The molecule has 0 bridgehead atoms. The van der Waals surface area contributed by atoms with Crippen LogP contribution in [0.3, 0.4) is 0 Å². The molecule has 5 heteroatoms. The maximum Gasteiger partial charge on any atom is 0.338 e. The van der Waals surface area contributed by atoms with E-state index < -0.39 is 17.7 Å². The van der Waals surface area contributed by atoms with Gasteiger partial charge in [0.25, 0.3) is 0 Å². The first-order valence-corrected chi connectivity index (χ1v) is 5.60. The van der Waals surface area contributed by atoms with E-state index in [0.29, 0.717) is 11.3 Å². The van der Waals surface area contributed by atoms with Crippen LogP contribution >= 0.6 is 0 Å². The Kier molecular flexibility index (Phi) is 4.93. The topological polar surface area (TPSA) is 76.0 Å². The number of aliphatic hydroxyl groups excluding tert-OH is 1. The van der Waals surface area contributed by atoms with E-state index in [4.69, 9.17) is 15.9 Å². The third-order valence-corrected chi connectivity index (χ3v) is 2.64. The van der Waals surface area contributed by atoms with Crippen molar-refractivity contribution in [3.63, 3.8) is 0 Å². The molecule has 2 N–H and O–H groups in total. The van der Waals surface area contributed by atoms with Gasteiger partial charge >= 0.3 is 5.97 Å². The van der Waals surface area contributed by atoms with Crippen LogP contribution in [0.25, 0.3) is 0 Å². The van der Waals surface area contributed by atoms with E-state index in [1.165, 1.54) is 26.2 Å². The number of benzene rings is 1. The Labute approximate surface area is 111 Å². The van der Waals surface area contributed by atoms with Gasteiger partial charge in [-0.15, -0.1) is 6.42 Å². The fourth-order valence-corrected chi connectivity index (χ4v) is 1.22. The third kappa shape index (κ3) is 3.98. The normalized spacial score (nSPS) is 14.9. The first-order valence-electron chi connectivity index (χ1n) is 5.60. The Morgan fingerprint density at radius 3 is 2.53 bits per heavy atom. The van der Waals surface area contributed by atoms with E-state index in [1.807, 2.05) is 5.92 Å². The van der Waals surface area contributed by atoms with Crippen LogP contribution in [-0.4, -0.2) is 41.6 Å². The molecule has 0 aromatic heterocycles. The first-order chi connectivity index (χ1) is 8.90. The minimum absolute atomic E-state index is 0.313. The minimum atomic E-state index is -1.74. The maximum atomic E-state index is 11.7. The van der Waals surface area contributed by atoms with Crippen LogP contribution in [0.4, 0.5) is 0 Å². The van der Waals surface area contributed by atoms with E-state index in [0.717, 1.165) is 0 Å². The molecule has 5 nitrogen and oxygen atoms in total. The Morgan fingerprint density at radius 2 is 2.05 bits per heavy atom. The molecule has 0 aliphatic rings. The second-order valence-electron chi connectivity index (χ2n) is 4.13. The fourth-order valence-electron chi connectivity index (χ4n) is 1.22. The van der Waals surface area contributed by atoms with Crippen molar-refractivity contribution in [2.45, 2.75) is 18.6 Å². The number of ether oxygens (including phenoxy) is 2. The summed E-state index contributed by atoms with van der Waals surface area (Å²) in [6.07, 6.45) is 3.69. The van der Waals surface area contributed by atoms with Crippen molar-refractivity contribution < 1.29 is 24.5 Å². The van der Waals surface area contributed by atoms with Crippen molar-refractivity contribution >= 4 is 5.97 Å². The number of carbonyl (C=O) groups is 1. The zero-order valence-corrected chi connectivity index (χ0v) is 10.8. The third-order valence-electron chi connectivity index (χ3n) is 2.64. The molecule has 0 aliphatic heterocycles. The molecule has 1 aromatic rings. The van der Waals surface area contributed by atoms with Crippen molar-refractivity contribution in [2.75, 3.05) is 13.7 Å². The van der Waals surface area contributed by atoms with Gasteiger partial charge in [0, 0.05) is 0 Å². The number of esters is 1. The van der Waals surface area contributed by atoms with Gasteiger partial charge in [0.05, 0.1) is 12.7 Å². The van der Waals surface area contributed by atoms with Gasteiger partial charge in [-0.2, -0.15) is 0 Å². The van der Waals surface area contributed by atoms with Crippen molar-refractivity contribution in [1.29, 1.82) is 0 Å². The number of terminal acetylenes is 1. The molecule has 0 saturated carbocycles. The fraction of sp³-hybridized carbons (Fsp3) is 0.357. The minimum Gasteiger partial charge on any atom is -0.497 e. The molecule has 1 rings (SSSR count). The number of hydrogen-bond acceptors (Lipinski definition) is 5. The molecule has 0 spiro atoms. The van der Waals surface area contributed by atoms with E-state index in [2.05, 4.69) is 0 Å². The lowest BCUT2D eigenvalue weighted by molar-refractivity contribution is -0.0535. The summed E-state index contributed by atoms with van der Waals surface area (Å²) in [6.45, 7) is 0.876. The van der Waals surface area contributed by atoms with Gasteiger partial charge in [0.15, 0.2) is 5.60 Å². The summed E-state index contributed by atoms with van der Waals surface area (Å²) < 4.78 is 9.83. The molecular weight excluding hydrogens is 248 g/mol. The van der Waals surface area contributed by atoms with Gasteiger partial charge in [-0.3, -0.25) is 0 Å². The lowest BCUT2D eigenvalue weighted by Gasteiger charge is -2.22. The number of aliphatic hydroxyl groups is 2. The van der Waals surface area contributed by atoms with Crippen LogP contribution in [0.2, 0.25) is 0 Å². The SMILES string of the molecule is C#C[C@](C)(O)[C@@H](O)COC(=O)c1ccc(OC)cc1.